The molecule has 0 spiro atoms. The highest BCUT2D eigenvalue weighted by Gasteiger charge is 1.89. The van der Waals surface area contributed by atoms with E-state index in [0.29, 0.717) is 0 Å². The first-order chi connectivity index (χ1) is 5.16. The average molecular weight is 155 g/mol. The second-order valence-electron chi connectivity index (χ2n) is 2.76. The molecule has 0 bridgehead atoms. The van der Waals surface area contributed by atoms with Gasteiger partial charge in [0.05, 0.1) is 0 Å². The molecule has 64 valence electrons. The van der Waals surface area contributed by atoms with Crippen LogP contribution in [0.15, 0.2) is 12.3 Å². The van der Waals surface area contributed by atoms with E-state index in [0.717, 1.165) is 6.54 Å². The third-order valence-corrected chi connectivity index (χ3v) is 1.43. The summed E-state index contributed by atoms with van der Waals surface area (Å²) in [6.07, 6.45) is 5.80. The van der Waals surface area contributed by atoms with Crippen molar-refractivity contribution in [2.24, 2.45) is 0 Å². The number of carbonyl (C=O) groups is 1. The molecule has 0 unspecified atom stereocenters. The quantitative estimate of drug-likeness (QED) is 0.564. The summed E-state index contributed by atoms with van der Waals surface area (Å²) in [6, 6.07) is 0. The maximum absolute atomic E-state index is 10.5. The molecule has 0 amide bonds. The molecule has 0 aliphatic rings. The second-order valence-corrected chi connectivity index (χ2v) is 2.76. The fraction of sp³-hybridized carbons (Fsp3) is 0.667. The average Bonchev–Trinajstić information content (AvgIpc) is 1.97. The molecule has 0 fully saturated rings. The zero-order valence-electron chi connectivity index (χ0n) is 7.63. The standard InChI is InChI=1S/C9H17NO/c1-4-5-7-10(3)8-6-9(2)11/h6,8H,4-5,7H2,1-3H3/b8-6+. The summed E-state index contributed by atoms with van der Waals surface area (Å²) in [7, 11) is 1.98. The summed E-state index contributed by atoms with van der Waals surface area (Å²) in [4.78, 5) is 12.5. The molecule has 0 aliphatic carbocycles. The SMILES string of the molecule is CCCCN(C)/C=C/C(C)=O. The maximum atomic E-state index is 10.5. The Labute approximate surface area is 68.9 Å². The van der Waals surface area contributed by atoms with Gasteiger partial charge in [-0.1, -0.05) is 13.3 Å². The molecule has 0 saturated carbocycles. The number of carbonyl (C=O) groups excluding carboxylic acids is 1. The highest BCUT2D eigenvalue weighted by atomic mass is 16.1. The maximum Gasteiger partial charge on any atom is 0.154 e. The van der Waals surface area contributed by atoms with Crippen LogP contribution < -0.4 is 0 Å². The van der Waals surface area contributed by atoms with Crippen LogP contribution in [-0.4, -0.2) is 24.3 Å². The van der Waals surface area contributed by atoms with Crippen LogP contribution >= 0.6 is 0 Å². The van der Waals surface area contributed by atoms with E-state index in [1.165, 1.54) is 12.8 Å². The van der Waals surface area contributed by atoms with Gasteiger partial charge in [-0.15, -0.1) is 0 Å². The molecule has 0 aromatic heterocycles. The summed E-state index contributed by atoms with van der Waals surface area (Å²) in [6.45, 7) is 4.74. The number of nitrogens with zero attached hydrogens (tertiary/aromatic N) is 1. The van der Waals surface area contributed by atoms with E-state index < -0.39 is 0 Å². The van der Waals surface area contributed by atoms with Crippen LogP contribution in [0.4, 0.5) is 0 Å². The van der Waals surface area contributed by atoms with Gasteiger partial charge in [-0.05, 0) is 19.4 Å². The zero-order valence-corrected chi connectivity index (χ0v) is 7.63. The van der Waals surface area contributed by atoms with Crippen LogP contribution in [0.1, 0.15) is 26.7 Å². The van der Waals surface area contributed by atoms with E-state index in [-0.39, 0.29) is 5.78 Å². The minimum absolute atomic E-state index is 0.105. The van der Waals surface area contributed by atoms with Crippen LogP contribution in [0, 0.1) is 0 Å². The van der Waals surface area contributed by atoms with Crippen LogP contribution in [0.2, 0.25) is 0 Å². The van der Waals surface area contributed by atoms with Crippen molar-refractivity contribution in [1.82, 2.24) is 4.90 Å². The number of ketones is 1. The van der Waals surface area contributed by atoms with Crippen molar-refractivity contribution in [1.29, 1.82) is 0 Å². The van der Waals surface area contributed by atoms with Crippen LogP contribution in [0.25, 0.3) is 0 Å². The Morgan fingerprint density at radius 1 is 1.55 bits per heavy atom. The molecule has 0 heterocycles. The number of hydrogen-bond acceptors (Lipinski definition) is 2. The number of rotatable bonds is 5. The van der Waals surface area contributed by atoms with Gasteiger partial charge in [0.25, 0.3) is 0 Å². The molecule has 0 saturated heterocycles. The highest BCUT2D eigenvalue weighted by molar-refractivity contribution is 5.87. The summed E-state index contributed by atoms with van der Waals surface area (Å²) in [5.74, 6) is 0.105. The lowest BCUT2D eigenvalue weighted by molar-refractivity contribution is -0.112. The van der Waals surface area contributed by atoms with Crippen molar-refractivity contribution >= 4 is 5.78 Å². The van der Waals surface area contributed by atoms with Crippen molar-refractivity contribution in [2.75, 3.05) is 13.6 Å². The Morgan fingerprint density at radius 3 is 2.64 bits per heavy atom. The molecule has 0 aromatic rings. The summed E-state index contributed by atoms with van der Waals surface area (Å²) in [5.41, 5.74) is 0. The number of hydrogen-bond donors (Lipinski definition) is 0. The Hall–Kier alpha value is -0.790. The molecule has 0 radical (unpaired) electrons. The third kappa shape index (κ3) is 7.10. The van der Waals surface area contributed by atoms with Crippen molar-refractivity contribution in [2.45, 2.75) is 26.7 Å². The Morgan fingerprint density at radius 2 is 2.18 bits per heavy atom. The first-order valence-corrected chi connectivity index (χ1v) is 4.05. The molecule has 0 rings (SSSR count). The topological polar surface area (TPSA) is 20.3 Å². The third-order valence-electron chi connectivity index (χ3n) is 1.43. The molecule has 0 N–H and O–H groups in total. The largest absolute Gasteiger partial charge is 0.380 e. The minimum Gasteiger partial charge on any atom is -0.380 e. The molecule has 0 aliphatic heterocycles. The van der Waals surface area contributed by atoms with E-state index in [1.54, 1.807) is 13.0 Å². The molecule has 2 nitrogen and oxygen atoms in total. The monoisotopic (exact) mass is 155 g/mol. The van der Waals surface area contributed by atoms with E-state index in [2.05, 4.69) is 6.92 Å². The molecule has 2 heteroatoms. The lowest BCUT2D eigenvalue weighted by atomic mass is 10.3. The summed E-state index contributed by atoms with van der Waals surface area (Å²) in [5, 5.41) is 0. The highest BCUT2D eigenvalue weighted by Crippen LogP contribution is 1.91. The van der Waals surface area contributed by atoms with E-state index in [4.69, 9.17) is 0 Å². The predicted molar refractivity (Wildman–Crippen MR) is 47.4 cm³/mol. The Balaban J connectivity index is 3.50. The van der Waals surface area contributed by atoms with Gasteiger partial charge >= 0.3 is 0 Å². The van der Waals surface area contributed by atoms with Gasteiger partial charge < -0.3 is 4.90 Å². The zero-order chi connectivity index (χ0) is 8.69. The fourth-order valence-electron chi connectivity index (χ4n) is 0.714. The van der Waals surface area contributed by atoms with Crippen LogP contribution in [0.5, 0.6) is 0 Å². The second kappa shape index (κ2) is 5.96. The molecular formula is C9H17NO. The first-order valence-electron chi connectivity index (χ1n) is 4.05. The smallest absolute Gasteiger partial charge is 0.154 e. The molecule has 11 heavy (non-hydrogen) atoms. The van der Waals surface area contributed by atoms with Crippen molar-refractivity contribution in [3.63, 3.8) is 0 Å². The minimum atomic E-state index is 0.105. The lowest BCUT2D eigenvalue weighted by Gasteiger charge is -2.11. The molecular weight excluding hydrogens is 138 g/mol. The molecule has 0 atom stereocenters. The van der Waals surface area contributed by atoms with Gasteiger partial charge in [0.1, 0.15) is 0 Å². The van der Waals surface area contributed by atoms with E-state index in [1.807, 2.05) is 18.1 Å². The van der Waals surface area contributed by atoms with Gasteiger partial charge in [-0.2, -0.15) is 0 Å². The van der Waals surface area contributed by atoms with Crippen molar-refractivity contribution < 1.29 is 4.79 Å². The summed E-state index contributed by atoms with van der Waals surface area (Å²) < 4.78 is 0. The summed E-state index contributed by atoms with van der Waals surface area (Å²) >= 11 is 0. The van der Waals surface area contributed by atoms with Crippen LogP contribution in [0.3, 0.4) is 0 Å². The lowest BCUT2D eigenvalue weighted by Crippen LogP contribution is -2.12. The van der Waals surface area contributed by atoms with Gasteiger partial charge in [-0.3, -0.25) is 4.79 Å². The Kier molecular flexibility index (Phi) is 5.53. The van der Waals surface area contributed by atoms with Crippen LogP contribution in [-0.2, 0) is 4.79 Å². The van der Waals surface area contributed by atoms with Crippen molar-refractivity contribution in [3.8, 4) is 0 Å². The van der Waals surface area contributed by atoms with Gasteiger partial charge in [-0.25, -0.2) is 0 Å². The number of allylic oxidation sites excluding steroid dienone is 1. The number of unbranched alkanes of at least 4 members (excludes halogenated alkanes) is 1. The Bertz CT molecular complexity index is 140. The first kappa shape index (κ1) is 10.2. The molecule has 0 aromatic carbocycles. The van der Waals surface area contributed by atoms with Crippen molar-refractivity contribution in [3.05, 3.63) is 12.3 Å². The van der Waals surface area contributed by atoms with E-state index in [9.17, 15) is 4.79 Å². The normalized spacial score (nSPS) is 10.5. The predicted octanol–water partition coefficient (Wildman–Crippen LogP) is 1.82. The van der Waals surface area contributed by atoms with E-state index >= 15 is 0 Å². The van der Waals surface area contributed by atoms with Gasteiger partial charge in [0, 0.05) is 19.8 Å². The fourth-order valence-corrected chi connectivity index (χ4v) is 0.714. The van der Waals surface area contributed by atoms with Gasteiger partial charge in [0.2, 0.25) is 0 Å². The van der Waals surface area contributed by atoms with Gasteiger partial charge in [0.15, 0.2) is 5.78 Å².